The third kappa shape index (κ3) is 5.32. The van der Waals surface area contributed by atoms with Gasteiger partial charge in [-0.05, 0) is 19.4 Å². The Kier molecular flexibility index (Phi) is 7.46. The van der Waals surface area contributed by atoms with Crippen LogP contribution in [0.15, 0.2) is 47.9 Å². The van der Waals surface area contributed by atoms with Gasteiger partial charge in [0.15, 0.2) is 5.82 Å². The molecule has 1 aromatic carbocycles. The van der Waals surface area contributed by atoms with E-state index in [1.54, 1.807) is 31.4 Å². The molecule has 1 unspecified atom stereocenters. The lowest BCUT2D eigenvalue weighted by molar-refractivity contribution is 0.191. The van der Waals surface area contributed by atoms with Crippen molar-refractivity contribution in [3.63, 3.8) is 0 Å². The molecule has 0 saturated carbocycles. The van der Waals surface area contributed by atoms with E-state index < -0.39 is 5.82 Å². The number of anilines is 1. The Hall–Kier alpha value is -3.13. The standard InChI is InChI=1S/C23H31FN6O/c1-15(2)30-9-7-20(28-17-8-10-31-14-17)19(13-30)23(26)29-21-6-4-5-18(22(21)24)16(11-25)12-27-3/h4-6,11-12,17,25,27-28H,1,7-10,13-14H2,2-3H3,(H2,26,29)/b16-12+,25-11?. The molecule has 3 rings (SSSR count). The van der Waals surface area contributed by atoms with Gasteiger partial charge in [-0.2, -0.15) is 0 Å². The molecule has 2 heterocycles. The first-order valence-corrected chi connectivity index (χ1v) is 10.4. The molecular formula is C23H31FN6O. The van der Waals surface area contributed by atoms with Crippen molar-refractivity contribution in [1.82, 2.24) is 15.5 Å². The summed E-state index contributed by atoms with van der Waals surface area (Å²) < 4.78 is 20.7. The lowest BCUT2D eigenvalue weighted by Gasteiger charge is -2.34. The zero-order chi connectivity index (χ0) is 22.4. The molecule has 1 atom stereocenters. The number of nitrogens with one attached hydrogen (secondary N) is 5. The zero-order valence-corrected chi connectivity index (χ0v) is 18.1. The third-order valence-electron chi connectivity index (χ3n) is 5.52. The average molecular weight is 427 g/mol. The molecule has 0 amide bonds. The fraction of sp³-hybridized carbons (Fsp3) is 0.391. The van der Waals surface area contributed by atoms with Crippen LogP contribution in [0.2, 0.25) is 0 Å². The highest BCUT2D eigenvalue weighted by atomic mass is 19.1. The van der Waals surface area contributed by atoms with Gasteiger partial charge in [-0.15, -0.1) is 0 Å². The van der Waals surface area contributed by atoms with Gasteiger partial charge in [-0.1, -0.05) is 18.7 Å². The van der Waals surface area contributed by atoms with E-state index in [-0.39, 0.29) is 17.6 Å². The second-order valence-corrected chi connectivity index (χ2v) is 7.77. The third-order valence-corrected chi connectivity index (χ3v) is 5.52. The molecule has 0 radical (unpaired) electrons. The normalized spacial score (nSPS) is 19.3. The number of rotatable bonds is 8. The summed E-state index contributed by atoms with van der Waals surface area (Å²) in [4.78, 5) is 2.12. The Morgan fingerprint density at radius 2 is 2.19 bits per heavy atom. The van der Waals surface area contributed by atoms with Crippen molar-refractivity contribution in [2.24, 2.45) is 0 Å². The molecule has 1 fully saturated rings. The van der Waals surface area contributed by atoms with E-state index in [1.807, 2.05) is 6.92 Å². The number of amidine groups is 1. The van der Waals surface area contributed by atoms with E-state index in [0.29, 0.717) is 24.3 Å². The van der Waals surface area contributed by atoms with Crippen LogP contribution in [0.25, 0.3) is 5.57 Å². The maximum atomic E-state index is 15.2. The molecule has 7 nitrogen and oxygen atoms in total. The number of halogens is 1. The Balaban J connectivity index is 1.88. The highest BCUT2D eigenvalue weighted by Crippen LogP contribution is 2.26. The summed E-state index contributed by atoms with van der Waals surface area (Å²) in [6.45, 7) is 8.74. The lowest BCUT2D eigenvalue weighted by Crippen LogP contribution is -2.40. The molecule has 31 heavy (non-hydrogen) atoms. The molecule has 0 aliphatic carbocycles. The summed E-state index contributed by atoms with van der Waals surface area (Å²) in [6.07, 6.45) is 4.36. The van der Waals surface area contributed by atoms with Crippen LogP contribution in [-0.2, 0) is 4.74 Å². The van der Waals surface area contributed by atoms with Crippen molar-refractivity contribution < 1.29 is 9.13 Å². The molecule has 8 heteroatoms. The molecule has 1 aromatic rings. The molecule has 1 saturated heterocycles. The first-order chi connectivity index (χ1) is 14.9. The fourth-order valence-corrected chi connectivity index (χ4v) is 3.79. The smallest absolute Gasteiger partial charge is 0.154 e. The van der Waals surface area contributed by atoms with Crippen LogP contribution < -0.4 is 16.0 Å². The average Bonchev–Trinajstić information content (AvgIpc) is 3.27. The van der Waals surface area contributed by atoms with Crippen molar-refractivity contribution in [1.29, 1.82) is 10.8 Å². The Morgan fingerprint density at radius 3 is 2.84 bits per heavy atom. The molecule has 166 valence electrons. The van der Waals surface area contributed by atoms with E-state index in [4.69, 9.17) is 15.6 Å². The van der Waals surface area contributed by atoms with Crippen LogP contribution in [0.4, 0.5) is 10.1 Å². The molecule has 2 aliphatic heterocycles. The van der Waals surface area contributed by atoms with Crippen LogP contribution >= 0.6 is 0 Å². The van der Waals surface area contributed by atoms with Gasteiger partial charge in [0, 0.05) is 73.7 Å². The molecule has 5 N–H and O–H groups in total. The number of hydrogen-bond acceptors (Lipinski definition) is 6. The first-order valence-electron chi connectivity index (χ1n) is 10.4. The zero-order valence-electron chi connectivity index (χ0n) is 18.1. The molecule has 0 aromatic heterocycles. The summed E-state index contributed by atoms with van der Waals surface area (Å²) in [5, 5.41) is 25.6. The summed E-state index contributed by atoms with van der Waals surface area (Å²) in [6, 6.07) is 5.17. The quantitative estimate of drug-likeness (QED) is 0.325. The van der Waals surface area contributed by atoms with Crippen LogP contribution in [0.3, 0.4) is 0 Å². The topological polar surface area (TPSA) is 96.3 Å². The van der Waals surface area contributed by atoms with Crippen LogP contribution in [0.1, 0.15) is 25.3 Å². The number of hydrogen-bond donors (Lipinski definition) is 5. The maximum Gasteiger partial charge on any atom is 0.154 e. The monoisotopic (exact) mass is 426 g/mol. The second kappa shape index (κ2) is 10.3. The summed E-state index contributed by atoms with van der Waals surface area (Å²) in [7, 11) is 1.70. The number of allylic oxidation sites excluding steroid dienone is 2. The Bertz CT molecular complexity index is 917. The maximum absolute atomic E-state index is 15.2. The fourth-order valence-electron chi connectivity index (χ4n) is 3.79. The van der Waals surface area contributed by atoms with Gasteiger partial charge < -0.3 is 31.0 Å². The van der Waals surface area contributed by atoms with E-state index in [0.717, 1.165) is 49.2 Å². The minimum Gasteiger partial charge on any atom is -0.393 e. The van der Waals surface area contributed by atoms with Crippen molar-refractivity contribution in [3.05, 3.63) is 59.3 Å². The van der Waals surface area contributed by atoms with Crippen molar-refractivity contribution in [2.45, 2.75) is 25.8 Å². The van der Waals surface area contributed by atoms with Crippen molar-refractivity contribution >= 4 is 23.3 Å². The molecule has 0 spiro atoms. The number of benzene rings is 1. The lowest BCUT2D eigenvalue weighted by atomic mass is 10.0. The van der Waals surface area contributed by atoms with Crippen LogP contribution in [-0.4, -0.2) is 56.3 Å². The highest BCUT2D eigenvalue weighted by molar-refractivity contribution is 6.10. The van der Waals surface area contributed by atoms with Gasteiger partial charge in [-0.25, -0.2) is 4.39 Å². The van der Waals surface area contributed by atoms with Crippen LogP contribution in [0.5, 0.6) is 0 Å². The van der Waals surface area contributed by atoms with Gasteiger partial charge >= 0.3 is 0 Å². The first kappa shape index (κ1) is 22.6. The van der Waals surface area contributed by atoms with Gasteiger partial charge in [-0.3, -0.25) is 5.41 Å². The summed E-state index contributed by atoms with van der Waals surface area (Å²) in [5.41, 5.74) is 3.65. The van der Waals surface area contributed by atoms with Gasteiger partial charge in [0.1, 0.15) is 5.84 Å². The molecule has 2 aliphatic rings. The van der Waals surface area contributed by atoms with E-state index in [9.17, 15) is 0 Å². The van der Waals surface area contributed by atoms with Gasteiger partial charge in [0.25, 0.3) is 0 Å². The Morgan fingerprint density at radius 1 is 1.39 bits per heavy atom. The Labute approximate surface area is 183 Å². The number of nitrogens with zero attached hydrogens (tertiary/aromatic N) is 1. The number of ether oxygens (including phenoxy) is 1. The van der Waals surface area contributed by atoms with Crippen molar-refractivity contribution in [3.8, 4) is 0 Å². The van der Waals surface area contributed by atoms with Gasteiger partial charge in [0.05, 0.1) is 18.3 Å². The van der Waals surface area contributed by atoms with E-state index in [2.05, 4.69) is 27.4 Å². The SMILES string of the molecule is C=C(C)N1CCC(NC2CCOC2)=C(C(=N)Nc2cccc(/C(C=N)=C/NC)c2F)C1. The largest absolute Gasteiger partial charge is 0.393 e. The minimum absolute atomic E-state index is 0.150. The van der Waals surface area contributed by atoms with E-state index >= 15 is 4.39 Å². The molecule has 0 bridgehead atoms. The van der Waals surface area contributed by atoms with E-state index in [1.165, 1.54) is 0 Å². The predicted octanol–water partition coefficient (Wildman–Crippen LogP) is 3.30. The summed E-state index contributed by atoms with van der Waals surface area (Å²) in [5.74, 6) is -0.346. The summed E-state index contributed by atoms with van der Waals surface area (Å²) >= 11 is 0. The van der Waals surface area contributed by atoms with Crippen molar-refractivity contribution in [2.75, 3.05) is 38.7 Å². The highest BCUT2D eigenvalue weighted by Gasteiger charge is 2.25. The minimum atomic E-state index is -0.496. The second-order valence-electron chi connectivity index (χ2n) is 7.77. The van der Waals surface area contributed by atoms with Gasteiger partial charge in [0.2, 0.25) is 0 Å². The van der Waals surface area contributed by atoms with Crippen LogP contribution in [0, 0.1) is 16.6 Å². The molecular weight excluding hydrogens is 395 g/mol. The predicted molar refractivity (Wildman–Crippen MR) is 124 cm³/mol.